The number of nitrogens with two attached hydrogens (primary N) is 1. The summed E-state index contributed by atoms with van der Waals surface area (Å²) >= 11 is 0. The molecule has 5 nitrogen and oxygen atoms in total. The lowest BCUT2D eigenvalue weighted by Crippen LogP contribution is -2.40. The number of aromatic nitrogens is 2. The maximum Gasteiger partial charge on any atom is 0.257 e. The van der Waals surface area contributed by atoms with E-state index < -0.39 is 0 Å². The fourth-order valence-electron chi connectivity index (χ4n) is 1.60. The number of nitrogens with zero attached hydrogens (tertiary/aromatic N) is 3. The van der Waals surface area contributed by atoms with Crippen molar-refractivity contribution in [3.05, 3.63) is 17.5 Å². The van der Waals surface area contributed by atoms with Crippen LogP contribution in [0.15, 0.2) is 6.20 Å². The van der Waals surface area contributed by atoms with Crippen LogP contribution in [0.5, 0.6) is 0 Å². The van der Waals surface area contributed by atoms with E-state index in [1.54, 1.807) is 15.8 Å². The van der Waals surface area contributed by atoms with Crippen LogP contribution in [0, 0.1) is 6.92 Å². The molecule has 5 heteroatoms. The van der Waals surface area contributed by atoms with E-state index in [1.165, 1.54) is 0 Å². The summed E-state index contributed by atoms with van der Waals surface area (Å²) in [6, 6.07) is 0.149. The largest absolute Gasteiger partial charge is 0.335 e. The zero-order valence-corrected chi connectivity index (χ0v) is 10.4. The Bertz CT molecular complexity index is 370. The summed E-state index contributed by atoms with van der Waals surface area (Å²) in [5.41, 5.74) is 7.05. The highest BCUT2D eigenvalue weighted by Crippen LogP contribution is 2.11. The van der Waals surface area contributed by atoms with E-state index in [1.807, 2.05) is 27.8 Å². The summed E-state index contributed by atoms with van der Waals surface area (Å²) in [5.74, 6) is 0.00560. The van der Waals surface area contributed by atoms with Crippen LogP contribution in [0.25, 0.3) is 0 Å². The first-order chi connectivity index (χ1) is 7.49. The molecule has 90 valence electrons. The predicted molar refractivity (Wildman–Crippen MR) is 63.2 cm³/mol. The van der Waals surface area contributed by atoms with Crippen LogP contribution in [0.3, 0.4) is 0 Å². The van der Waals surface area contributed by atoms with Gasteiger partial charge in [-0.05, 0) is 20.8 Å². The summed E-state index contributed by atoms with van der Waals surface area (Å²) < 4.78 is 1.70. The molecule has 0 radical (unpaired) electrons. The molecule has 1 amide bonds. The number of hydrogen-bond donors (Lipinski definition) is 1. The van der Waals surface area contributed by atoms with Crippen LogP contribution in [0.1, 0.15) is 29.9 Å². The second kappa shape index (κ2) is 5.12. The highest BCUT2D eigenvalue weighted by molar-refractivity contribution is 5.95. The summed E-state index contributed by atoms with van der Waals surface area (Å²) in [6.45, 7) is 6.91. The molecule has 1 aromatic rings. The minimum Gasteiger partial charge on any atom is -0.335 e. The summed E-state index contributed by atoms with van der Waals surface area (Å²) in [6.07, 6.45) is 1.61. The van der Waals surface area contributed by atoms with E-state index in [-0.39, 0.29) is 11.9 Å². The predicted octanol–water partition coefficient (Wildman–Crippen LogP) is 0.538. The molecule has 2 N–H and O–H groups in total. The minimum atomic E-state index is 0.00560. The molecule has 0 aliphatic heterocycles. The Morgan fingerprint density at radius 2 is 2.25 bits per heavy atom. The number of amides is 1. The zero-order valence-electron chi connectivity index (χ0n) is 10.4. The molecule has 0 aliphatic rings. The Hall–Kier alpha value is -1.36. The van der Waals surface area contributed by atoms with Gasteiger partial charge in [-0.2, -0.15) is 5.10 Å². The lowest BCUT2D eigenvalue weighted by atomic mass is 10.2. The quantitative estimate of drug-likeness (QED) is 0.811. The van der Waals surface area contributed by atoms with Gasteiger partial charge < -0.3 is 10.6 Å². The molecule has 0 bridgehead atoms. The molecule has 0 saturated heterocycles. The van der Waals surface area contributed by atoms with Gasteiger partial charge >= 0.3 is 0 Å². The second-order valence-corrected chi connectivity index (χ2v) is 4.15. The van der Waals surface area contributed by atoms with Gasteiger partial charge in [0, 0.05) is 31.9 Å². The van der Waals surface area contributed by atoms with Gasteiger partial charge in [0.15, 0.2) is 0 Å². The highest BCUT2D eigenvalue weighted by atomic mass is 16.2. The van der Waals surface area contributed by atoms with Gasteiger partial charge in [0.05, 0.1) is 11.8 Å². The number of rotatable bonds is 4. The van der Waals surface area contributed by atoms with Gasteiger partial charge in [0.1, 0.15) is 0 Å². The van der Waals surface area contributed by atoms with Crippen LogP contribution in [0.2, 0.25) is 0 Å². The third kappa shape index (κ3) is 2.41. The van der Waals surface area contributed by atoms with Crippen molar-refractivity contribution in [1.29, 1.82) is 0 Å². The van der Waals surface area contributed by atoms with E-state index in [4.69, 9.17) is 5.73 Å². The smallest absolute Gasteiger partial charge is 0.257 e. The van der Waals surface area contributed by atoms with Crippen molar-refractivity contribution < 1.29 is 4.79 Å². The molecule has 0 spiro atoms. The van der Waals surface area contributed by atoms with Gasteiger partial charge in [0.25, 0.3) is 5.91 Å². The first-order valence-electron chi connectivity index (χ1n) is 5.48. The molecule has 0 aliphatic carbocycles. The number of hydrogen-bond acceptors (Lipinski definition) is 3. The van der Waals surface area contributed by atoms with Crippen LogP contribution in [0.4, 0.5) is 0 Å². The third-order valence-corrected chi connectivity index (χ3v) is 2.72. The van der Waals surface area contributed by atoms with E-state index in [0.717, 1.165) is 5.69 Å². The van der Waals surface area contributed by atoms with Crippen LogP contribution in [-0.4, -0.2) is 39.7 Å². The first kappa shape index (κ1) is 12.7. The van der Waals surface area contributed by atoms with Gasteiger partial charge in [-0.3, -0.25) is 9.48 Å². The average molecular weight is 224 g/mol. The SMILES string of the molecule is Cc1c(C(=O)N(CCN)C(C)C)cnn1C. The van der Waals surface area contributed by atoms with Crippen molar-refractivity contribution in [3.63, 3.8) is 0 Å². The maximum absolute atomic E-state index is 12.2. The van der Waals surface area contributed by atoms with Crippen molar-refractivity contribution in [1.82, 2.24) is 14.7 Å². The fraction of sp³-hybridized carbons (Fsp3) is 0.636. The van der Waals surface area contributed by atoms with Gasteiger partial charge in [0.2, 0.25) is 0 Å². The Labute approximate surface area is 96.2 Å². The van der Waals surface area contributed by atoms with Gasteiger partial charge in [-0.25, -0.2) is 0 Å². The van der Waals surface area contributed by atoms with Crippen LogP contribution >= 0.6 is 0 Å². The molecule has 0 unspecified atom stereocenters. The van der Waals surface area contributed by atoms with Crippen molar-refractivity contribution in [2.24, 2.45) is 12.8 Å². The topological polar surface area (TPSA) is 64.2 Å². The molecule has 0 saturated carbocycles. The van der Waals surface area contributed by atoms with E-state index >= 15 is 0 Å². The molecular weight excluding hydrogens is 204 g/mol. The second-order valence-electron chi connectivity index (χ2n) is 4.15. The lowest BCUT2D eigenvalue weighted by Gasteiger charge is -2.26. The number of carbonyl (C=O) groups excluding carboxylic acids is 1. The molecule has 0 fully saturated rings. The molecule has 1 heterocycles. The average Bonchev–Trinajstić information content (AvgIpc) is 2.55. The number of aryl methyl sites for hydroxylation is 1. The summed E-state index contributed by atoms with van der Waals surface area (Å²) in [7, 11) is 1.83. The molecular formula is C11H20N4O. The summed E-state index contributed by atoms with van der Waals surface area (Å²) in [4.78, 5) is 14.0. The zero-order chi connectivity index (χ0) is 12.3. The maximum atomic E-state index is 12.2. The minimum absolute atomic E-state index is 0.00560. The van der Waals surface area contributed by atoms with Crippen molar-refractivity contribution in [3.8, 4) is 0 Å². The van der Waals surface area contributed by atoms with E-state index in [0.29, 0.717) is 18.7 Å². The lowest BCUT2D eigenvalue weighted by molar-refractivity contribution is 0.0711. The van der Waals surface area contributed by atoms with Crippen LogP contribution in [-0.2, 0) is 7.05 Å². The third-order valence-electron chi connectivity index (χ3n) is 2.72. The molecule has 1 rings (SSSR count). The molecule has 16 heavy (non-hydrogen) atoms. The normalized spacial score (nSPS) is 10.9. The van der Waals surface area contributed by atoms with Crippen molar-refractivity contribution in [2.75, 3.05) is 13.1 Å². The van der Waals surface area contributed by atoms with E-state index in [9.17, 15) is 4.79 Å². The fourth-order valence-corrected chi connectivity index (χ4v) is 1.60. The Morgan fingerprint density at radius 1 is 1.62 bits per heavy atom. The molecule has 0 aromatic carbocycles. The molecule has 1 aromatic heterocycles. The first-order valence-corrected chi connectivity index (χ1v) is 5.48. The monoisotopic (exact) mass is 224 g/mol. The van der Waals surface area contributed by atoms with Crippen molar-refractivity contribution in [2.45, 2.75) is 26.8 Å². The Kier molecular flexibility index (Phi) is 4.06. The molecule has 0 atom stereocenters. The number of carbonyl (C=O) groups is 1. The van der Waals surface area contributed by atoms with Crippen molar-refractivity contribution >= 4 is 5.91 Å². The standard InChI is InChI=1S/C11H20N4O/c1-8(2)15(6-5-12)11(16)10-7-13-14(4)9(10)3/h7-8H,5-6,12H2,1-4H3. The van der Waals surface area contributed by atoms with Gasteiger partial charge in [-0.15, -0.1) is 0 Å². The summed E-state index contributed by atoms with van der Waals surface area (Å²) in [5, 5.41) is 4.08. The van der Waals surface area contributed by atoms with Gasteiger partial charge in [-0.1, -0.05) is 0 Å². The highest BCUT2D eigenvalue weighted by Gasteiger charge is 2.21. The Morgan fingerprint density at radius 3 is 2.62 bits per heavy atom. The van der Waals surface area contributed by atoms with E-state index in [2.05, 4.69) is 5.10 Å². The van der Waals surface area contributed by atoms with Crippen LogP contribution < -0.4 is 5.73 Å². The Balaban J connectivity index is 2.95.